The van der Waals surface area contributed by atoms with Crippen LogP contribution in [0, 0.1) is 0 Å². The number of carbonyl (C=O) groups excluding carboxylic acids is 1. The summed E-state index contributed by atoms with van der Waals surface area (Å²) in [5, 5.41) is 0. The summed E-state index contributed by atoms with van der Waals surface area (Å²) in [6.45, 7) is 9.46. The van der Waals surface area contributed by atoms with E-state index in [0.29, 0.717) is 0 Å². The molecule has 0 spiro atoms. The van der Waals surface area contributed by atoms with Crippen molar-refractivity contribution in [1.29, 1.82) is 0 Å². The van der Waals surface area contributed by atoms with Gasteiger partial charge >= 0.3 is 0 Å². The Morgan fingerprint density at radius 1 is 1.00 bits per heavy atom. The van der Waals surface area contributed by atoms with Gasteiger partial charge in [0.1, 0.15) is 6.29 Å². The van der Waals surface area contributed by atoms with Crippen molar-refractivity contribution in [2.75, 3.05) is 0 Å². The van der Waals surface area contributed by atoms with Gasteiger partial charge in [0, 0.05) is 0 Å². The van der Waals surface area contributed by atoms with E-state index in [4.69, 9.17) is 0 Å². The molecule has 0 saturated heterocycles. The van der Waals surface area contributed by atoms with Gasteiger partial charge in [0.15, 0.2) is 0 Å². The van der Waals surface area contributed by atoms with Gasteiger partial charge in [0.25, 0.3) is 0 Å². The van der Waals surface area contributed by atoms with Crippen LogP contribution >= 0.6 is 0 Å². The Kier molecular flexibility index (Phi) is 4.69. The lowest BCUT2D eigenvalue weighted by atomic mass is 9.63. The number of hydrogen-bond donors (Lipinski definition) is 0. The van der Waals surface area contributed by atoms with E-state index in [1.54, 1.807) is 6.08 Å². The Bertz CT molecular complexity index is 797. The summed E-state index contributed by atoms with van der Waals surface area (Å²) in [5.41, 5.74) is 7.17. The highest BCUT2D eigenvalue weighted by atomic mass is 16.1. The van der Waals surface area contributed by atoms with Gasteiger partial charge < -0.3 is 0 Å². The first-order chi connectivity index (χ1) is 11.8. The van der Waals surface area contributed by atoms with E-state index in [9.17, 15) is 4.79 Å². The van der Waals surface area contributed by atoms with Crippen LogP contribution in [-0.4, -0.2) is 6.29 Å². The van der Waals surface area contributed by atoms with Crippen LogP contribution in [0.4, 0.5) is 0 Å². The first-order valence-electron chi connectivity index (χ1n) is 9.18. The molecule has 0 aliphatic heterocycles. The van der Waals surface area contributed by atoms with E-state index < -0.39 is 0 Å². The van der Waals surface area contributed by atoms with E-state index in [-0.39, 0.29) is 10.8 Å². The molecule has 1 nitrogen and oxygen atoms in total. The summed E-state index contributed by atoms with van der Waals surface area (Å²) in [7, 11) is 0. The second-order valence-corrected chi connectivity index (χ2v) is 8.49. The van der Waals surface area contributed by atoms with Crippen molar-refractivity contribution >= 4 is 11.9 Å². The van der Waals surface area contributed by atoms with Gasteiger partial charge in [0.05, 0.1) is 0 Å². The molecule has 0 heterocycles. The minimum Gasteiger partial charge on any atom is -0.299 e. The minimum atomic E-state index is 0.228. The molecule has 3 rings (SSSR count). The summed E-state index contributed by atoms with van der Waals surface area (Å²) < 4.78 is 0. The van der Waals surface area contributed by atoms with Crippen molar-refractivity contribution in [2.45, 2.75) is 57.8 Å². The maximum absolute atomic E-state index is 10.5. The molecule has 0 amide bonds. The van der Waals surface area contributed by atoms with E-state index in [0.717, 1.165) is 18.3 Å². The quantitative estimate of drug-likeness (QED) is 0.485. The van der Waals surface area contributed by atoms with Crippen molar-refractivity contribution < 1.29 is 4.79 Å². The zero-order chi connectivity index (χ0) is 18.1. The number of carbonyl (C=O) groups is 1. The highest BCUT2D eigenvalue weighted by molar-refractivity contribution is 5.76. The van der Waals surface area contributed by atoms with Crippen LogP contribution in [0.25, 0.3) is 5.57 Å². The Hall–Kier alpha value is -2.15. The maximum atomic E-state index is 10.5. The predicted molar refractivity (Wildman–Crippen MR) is 107 cm³/mol. The van der Waals surface area contributed by atoms with E-state index in [2.05, 4.69) is 70.2 Å². The molecule has 0 fully saturated rings. The fourth-order valence-electron chi connectivity index (χ4n) is 3.91. The first-order valence-corrected chi connectivity index (χ1v) is 9.18. The third-order valence-electron chi connectivity index (χ3n) is 5.72. The summed E-state index contributed by atoms with van der Waals surface area (Å²) in [5.74, 6) is 0. The maximum Gasteiger partial charge on any atom is 0.142 e. The molecular formula is C24H28O. The normalized spacial score (nSPS) is 21.3. The van der Waals surface area contributed by atoms with Gasteiger partial charge in [0.2, 0.25) is 0 Å². The second-order valence-electron chi connectivity index (χ2n) is 8.49. The Balaban J connectivity index is 1.97. The minimum absolute atomic E-state index is 0.228. The van der Waals surface area contributed by atoms with Crippen LogP contribution in [0.3, 0.4) is 0 Å². The molecule has 2 aliphatic carbocycles. The molecule has 25 heavy (non-hydrogen) atoms. The molecule has 2 aliphatic rings. The third kappa shape index (κ3) is 3.61. The third-order valence-corrected chi connectivity index (χ3v) is 5.72. The molecule has 1 aromatic carbocycles. The van der Waals surface area contributed by atoms with Gasteiger partial charge in [-0.15, -0.1) is 0 Å². The lowest BCUT2D eigenvalue weighted by molar-refractivity contribution is -0.104. The molecule has 1 aromatic rings. The molecule has 130 valence electrons. The van der Waals surface area contributed by atoms with Crippen molar-refractivity contribution in [3.8, 4) is 0 Å². The molecule has 0 N–H and O–H groups in total. The van der Waals surface area contributed by atoms with Gasteiger partial charge in [-0.25, -0.2) is 0 Å². The first kappa shape index (κ1) is 17.7. The number of benzene rings is 1. The zero-order valence-electron chi connectivity index (χ0n) is 15.8. The number of rotatable bonds is 3. The fraction of sp³-hybridized carbons (Fsp3) is 0.375. The molecule has 0 bridgehead atoms. The van der Waals surface area contributed by atoms with Crippen LogP contribution in [0.1, 0.15) is 63.6 Å². The topological polar surface area (TPSA) is 17.1 Å². The lowest BCUT2D eigenvalue weighted by Gasteiger charge is -2.42. The Labute approximate surface area is 151 Å². The Morgan fingerprint density at radius 3 is 2.44 bits per heavy atom. The zero-order valence-corrected chi connectivity index (χ0v) is 15.8. The van der Waals surface area contributed by atoms with Crippen LogP contribution in [0.2, 0.25) is 0 Å². The fourth-order valence-corrected chi connectivity index (χ4v) is 3.91. The van der Waals surface area contributed by atoms with E-state index in [1.807, 2.05) is 6.08 Å². The molecule has 1 heteroatoms. The SMILES string of the molecule is CC1(C)CCC(C)(C)c2cc(C3=CCC(/C=C/C=O)=CC=C3)ccc21. The van der Waals surface area contributed by atoms with Gasteiger partial charge in [-0.2, -0.15) is 0 Å². The van der Waals surface area contributed by atoms with E-state index in [1.165, 1.54) is 35.1 Å². The molecular weight excluding hydrogens is 304 g/mol. The summed E-state index contributed by atoms with van der Waals surface area (Å²) >= 11 is 0. The highest BCUT2D eigenvalue weighted by Crippen LogP contribution is 2.46. The second kappa shape index (κ2) is 6.63. The monoisotopic (exact) mass is 332 g/mol. The number of hydrogen-bond acceptors (Lipinski definition) is 1. The standard InChI is InChI=1S/C24H28O/c1-23(2)14-15-24(3,4)22-17-20(12-13-21(22)23)19-9-5-7-18(10-11-19)8-6-16-25/h5-9,11-13,16-17H,10,14-15H2,1-4H3/b8-6+. The summed E-state index contributed by atoms with van der Waals surface area (Å²) in [4.78, 5) is 10.5. The predicted octanol–water partition coefficient (Wildman–Crippen LogP) is 6.06. The van der Waals surface area contributed by atoms with Crippen LogP contribution in [0.15, 0.2) is 60.2 Å². The van der Waals surface area contributed by atoms with Crippen LogP contribution in [-0.2, 0) is 15.6 Å². The van der Waals surface area contributed by atoms with Crippen molar-refractivity contribution in [1.82, 2.24) is 0 Å². The molecule has 0 unspecified atom stereocenters. The average molecular weight is 332 g/mol. The Morgan fingerprint density at radius 2 is 1.72 bits per heavy atom. The van der Waals surface area contributed by atoms with Gasteiger partial charge in [-0.1, -0.05) is 76.3 Å². The molecule has 0 atom stereocenters. The molecule has 0 aromatic heterocycles. The largest absolute Gasteiger partial charge is 0.299 e. The van der Waals surface area contributed by atoms with Gasteiger partial charge in [-0.05, 0) is 64.0 Å². The highest BCUT2D eigenvalue weighted by Gasteiger charge is 2.36. The average Bonchev–Trinajstić information content (AvgIpc) is 2.82. The molecule has 0 radical (unpaired) electrons. The number of aldehydes is 1. The smallest absolute Gasteiger partial charge is 0.142 e. The van der Waals surface area contributed by atoms with Crippen molar-refractivity contribution in [3.05, 3.63) is 76.9 Å². The summed E-state index contributed by atoms with van der Waals surface area (Å²) in [6.07, 6.45) is 16.2. The van der Waals surface area contributed by atoms with Crippen molar-refractivity contribution in [3.63, 3.8) is 0 Å². The van der Waals surface area contributed by atoms with Gasteiger partial charge in [-0.3, -0.25) is 4.79 Å². The molecule has 0 saturated carbocycles. The number of fused-ring (bicyclic) bond motifs is 1. The van der Waals surface area contributed by atoms with Crippen LogP contribution in [0.5, 0.6) is 0 Å². The lowest BCUT2D eigenvalue weighted by Crippen LogP contribution is -2.33. The van der Waals surface area contributed by atoms with E-state index >= 15 is 0 Å². The number of allylic oxidation sites excluding steroid dienone is 8. The summed E-state index contributed by atoms with van der Waals surface area (Å²) in [6, 6.07) is 7.01. The van der Waals surface area contributed by atoms with Crippen molar-refractivity contribution in [2.24, 2.45) is 0 Å². The van der Waals surface area contributed by atoms with Crippen LogP contribution < -0.4 is 0 Å².